The number of aromatic nitrogens is 1. The summed E-state index contributed by atoms with van der Waals surface area (Å²) in [6.07, 6.45) is 1.67. The van der Waals surface area contributed by atoms with E-state index in [1.54, 1.807) is 6.20 Å². The van der Waals surface area contributed by atoms with Crippen molar-refractivity contribution < 1.29 is 13.2 Å². The molecule has 0 fully saturated rings. The first-order valence-electron chi connectivity index (χ1n) is 8.00. The van der Waals surface area contributed by atoms with E-state index in [4.69, 9.17) is 5.14 Å². The summed E-state index contributed by atoms with van der Waals surface area (Å²) < 4.78 is 22.7. The number of benzene rings is 2. The molecule has 0 bridgehead atoms. The number of thioether (sulfide) groups is 1. The van der Waals surface area contributed by atoms with Crippen molar-refractivity contribution in [3.8, 4) is 0 Å². The van der Waals surface area contributed by atoms with Crippen LogP contribution in [0.1, 0.15) is 10.8 Å². The van der Waals surface area contributed by atoms with E-state index >= 15 is 0 Å². The van der Waals surface area contributed by atoms with Crippen molar-refractivity contribution in [2.45, 2.75) is 15.2 Å². The molecule has 8 heteroatoms. The normalized spacial score (nSPS) is 12.3. The smallest absolute Gasteiger partial charge is 0.242 e. The molecule has 0 saturated heterocycles. The van der Waals surface area contributed by atoms with Gasteiger partial charge in [0.25, 0.3) is 0 Å². The number of hydrogen-bond acceptors (Lipinski definition) is 5. The molecular formula is C19H17N3O3S2. The lowest BCUT2D eigenvalue weighted by atomic mass is 10.1. The Morgan fingerprint density at radius 1 is 0.963 bits per heavy atom. The van der Waals surface area contributed by atoms with E-state index in [1.165, 1.54) is 36.0 Å². The first-order chi connectivity index (χ1) is 12.9. The van der Waals surface area contributed by atoms with E-state index in [9.17, 15) is 13.2 Å². The largest absolute Gasteiger partial charge is 0.325 e. The van der Waals surface area contributed by atoms with Gasteiger partial charge in [0, 0.05) is 11.9 Å². The Hall–Kier alpha value is -2.68. The monoisotopic (exact) mass is 399 g/mol. The predicted molar refractivity (Wildman–Crippen MR) is 106 cm³/mol. The van der Waals surface area contributed by atoms with E-state index in [0.29, 0.717) is 5.69 Å². The zero-order valence-electron chi connectivity index (χ0n) is 14.1. The van der Waals surface area contributed by atoms with Crippen LogP contribution in [0.25, 0.3) is 0 Å². The third kappa shape index (κ3) is 5.16. The Morgan fingerprint density at radius 3 is 2.22 bits per heavy atom. The fourth-order valence-electron chi connectivity index (χ4n) is 2.37. The van der Waals surface area contributed by atoms with Crippen molar-refractivity contribution in [3.05, 3.63) is 84.6 Å². The van der Waals surface area contributed by atoms with E-state index in [-0.39, 0.29) is 10.8 Å². The Balaban J connectivity index is 1.82. The van der Waals surface area contributed by atoms with Gasteiger partial charge in [0.15, 0.2) is 0 Å². The van der Waals surface area contributed by atoms with Crippen molar-refractivity contribution in [2.24, 2.45) is 5.14 Å². The maximum atomic E-state index is 12.9. The van der Waals surface area contributed by atoms with Crippen LogP contribution >= 0.6 is 11.8 Å². The lowest BCUT2D eigenvalue weighted by Gasteiger charge is -2.16. The summed E-state index contributed by atoms with van der Waals surface area (Å²) in [7, 11) is -3.77. The Kier molecular flexibility index (Phi) is 5.90. The molecule has 0 aliphatic rings. The zero-order chi connectivity index (χ0) is 19.3. The van der Waals surface area contributed by atoms with Crippen LogP contribution in [0.2, 0.25) is 0 Å². The Morgan fingerprint density at radius 2 is 1.63 bits per heavy atom. The highest BCUT2D eigenvalue weighted by Gasteiger charge is 2.22. The summed E-state index contributed by atoms with van der Waals surface area (Å²) in [6.45, 7) is 0. The summed E-state index contributed by atoms with van der Waals surface area (Å²) in [5.74, 6) is -0.236. The van der Waals surface area contributed by atoms with Crippen LogP contribution in [-0.4, -0.2) is 19.3 Å². The summed E-state index contributed by atoms with van der Waals surface area (Å²) in [6, 6.07) is 20.6. The van der Waals surface area contributed by atoms with Gasteiger partial charge in [0.1, 0.15) is 5.25 Å². The highest BCUT2D eigenvalue weighted by atomic mass is 32.2. The van der Waals surface area contributed by atoms with Crippen LogP contribution in [0, 0.1) is 0 Å². The maximum absolute atomic E-state index is 12.9. The molecule has 0 saturated carbocycles. The molecule has 3 N–H and O–H groups in total. The molecular weight excluding hydrogens is 382 g/mol. The number of pyridine rings is 1. The Labute approximate surface area is 161 Å². The molecule has 1 heterocycles. The number of amides is 1. The molecule has 0 spiro atoms. The standard InChI is InChI=1S/C19H17N3O3S2/c20-27(24,25)16-11-9-15(10-12-16)22-19(23)18(14-6-2-1-3-7-14)26-17-8-4-5-13-21-17/h1-13,18H,(H,22,23)(H2,20,24,25)/t18-/m1/s1. The quantitative estimate of drug-likeness (QED) is 0.620. The van der Waals surface area contributed by atoms with Crippen molar-refractivity contribution in [2.75, 3.05) is 5.32 Å². The number of anilines is 1. The van der Waals surface area contributed by atoms with Crippen molar-refractivity contribution in [1.82, 2.24) is 4.98 Å². The molecule has 0 radical (unpaired) electrons. The first-order valence-corrected chi connectivity index (χ1v) is 10.4. The predicted octanol–water partition coefficient (Wildman–Crippen LogP) is 3.20. The van der Waals surface area contributed by atoms with Gasteiger partial charge in [0.2, 0.25) is 15.9 Å². The van der Waals surface area contributed by atoms with Crippen molar-refractivity contribution in [1.29, 1.82) is 0 Å². The van der Waals surface area contributed by atoms with Crippen LogP contribution in [0.5, 0.6) is 0 Å². The summed E-state index contributed by atoms with van der Waals surface area (Å²) in [5.41, 5.74) is 1.32. The van der Waals surface area contributed by atoms with Crippen LogP contribution in [0.15, 0.2) is 88.9 Å². The third-order valence-electron chi connectivity index (χ3n) is 3.67. The molecule has 0 aliphatic carbocycles. The number of hydrogen-bond donors (Lipinski definition) is 2. The number of sulfonamides is 1. The van der Waals surface area contributed by atoms with E-state index in [2.05, 4.69) is 10.3 Å². The van der Waals surface area contributed by atoms with Gasteiger partial charge in [-0.1, -0.05) is 48.2 Å². The summed E-state index contributed by atoms with van der Waals surface area (Å²) >= 11 is 1.34. The lowest BCUT2D eigenvalue weighted by molar-refractivity contribution is -0.115. The molecule has 1 atom stereocenters. The number of nitrogens with zero attached hydrogens (tertiary/aromatic N) is 1. The van der Waals surface area contributed by atoms with Gasteiger partial charge >= 0.3 is 0 Å². The van der Waals surface area contributed by atoms with Crippen LogP contribution in [-0.2, 0) is 14.8 Å². The van der Waals surface area contributed by atoms with E-state index in [0.717, 1.165) is 10.6 Å². The van der Waals surface area contributed by atoms with Gasteiger partial charge < -0.3 is 5.32 Å². The van der Waals surface area contributed by atoms with Gasteiger partial charge in [-0.2, -0.15) is 0 Å². The molecule has 3 aromatic rings. The van der Waals surface area contributed by atoms with Gasteiger partial charge in [-0.25, -0.2) is 18.5 Å². The second kappa shape index (κ2) is 8.34. The highest BCUT2D eigenvalue weighted by Crippen LogP contribution is 2.35. The SMILES string of the molecule is NS(=O)(=O)c1ccc(NC(=O)[C@H](Sc2ccccn2)c2ccccc2)cc1. The minimum absolute atomic E-state index is 0.0111. The maximum Gasteiger partial charge on any atom is 0.242 e. The molecule has 1 amide bonds. The van der Waals surface area contributed by atoms with Crippen LogP contribution in [0.4, 0.5) is 5.69 Å². The minimum Gasteiger partial charge on any atom is -0.325 e. The number of rotatable bonds is 6. The topological polar surface area (TPSA) is 102 Å². The first kappa shape index (κ1) is 19.1. The average Bonchev–Trinajstić information content (AvgIpc) is 2.67. The van der Waals surface area contributed by atoms with Gasteiger partial charge in [-0.3, -0.25) is 4.79 Å². The van der Waals surface area contributed by atoms with Gasteiger partial charge in [-0.05, 0) is 42.0 Å². The fourth-order valence-corrected chi connectivity index (χ4v) is 3.87. The van der Waals surface area contributed by atoms with E-state index < -0.39 is 15.3 Å². The molecule has 3 rings (SSSR count). The van der Waals surface area contributed by atoms with Crippen molar-refractivity contribution >= 4 is 33.4 Å². The lowest BCUT2D eigenvalue weighted by Crippen LogP contribution is -2.19. The minimum atomic E-state index is -3.77. The molecule has 0 unspecified atom stereocenters. The second-order valence-electron chi connectivity index (χ2n) is 5.64. The zero-order valence-corrected chi connectivity index (χ0v) is 15.8. The van der Waals surface area contributed by atoms with Gasteiger partial charge in [0.05, 0.1) is 9.92 Å². The molecule has 27 heavy (non-hydrogen) atoms. The van der Waals surface area contributed by atoms with Crippen LogP contribution < -0.4 is 10.5 Å². The molecule has 2 aromatic carbocycles. The molecule has 138 valence electrons. The third-order valence-corrected chi connectivity index (χ3v) is 5.80. The molecule has 0 aliphatic heterocycles. The van der Waals surface area contributed by atoms with Crippen molar-refractivity contribution in [3.63, 3.8) is 0 Å². The molecule has 1 aromatic heterocycles. The summed E-state index contributed by atoms with van der Waals surface area (Å²) in [5, 5.41) is 8.12. The number of nitrogens with one attached hydrogen (secondary N) is 1. The number of primary sulfonamides is 1. The number of carbonyl (C=O) groups excluding carboxylic acids is 1. The fraction of sp³-hybridized carbons (Fsp3) is 0.0526. The van der Waals surface area contributed by atoms with Crippen LogP contribution in [0.3, 0.4) is 0 Å². The highest BCUT2D eigenvalue weighted by molar-refractivity contribution is 8.00. The summed E-state index contributed by atoms with van der Waals surface area (Å²) in [4.78, 5) is 17.2. The molecule has 6 nitrogen and oxygen atoms in total. The number of carbonyl (C=O) groups is 1. The average molecular weight is 399 g/mol. The second-order valence-corrected chi connectivity index (χ2v) is 8.32. The Bertz CT molecular complexity index is 1010. The van der Waals surface area contributed by atoms with Gasteiger partial charge in [-0.15, -0.1) is 0 Å². The van der Waals surface area contributed by atoms with E-state index in [1.807, 2.05) is 48.5 Å². The number of nitrogens with two attached hydrogens (primary N) is 1.